The summed E-state index contributed by atoms with van der Waals surface area (Å²) in [6, 6.07) is 2.85. The summed E-state index contributed by atoms with van der Waals surface area (Å²) in [5, 5.41) is 11.0. The number of nitrogens with one attached hydrogen (secondary N) is 2. The minimum atomic E-state index is -1.76. The van der Waals surface area contributed by atoms with Gasteiger partial charge in [0.25, 0.3) is 6.08 Å². The van der Waals surface area contributed by atoms with Gasteiger partial charge in [-0.15, -0.1) is 0 Å². The highest BCUT2D eigenvalue weighted by Crippen LogP contribution is 2.45. The molecular weight excluding hydrogens is 610 g/mol. The lowest BCUT2D eigenvalue weighted by atomic mass is 9.94. The summed E-state index contributed by atoms with van der Waals surface area (Å²) >= 11 is 6.83. The van der Waals surface area contributed by atoms with Gasteiger partial charge in [-0.1, -0.05) is 11.6 Å². The van der Waals surface area contributed by atoms with Crippen molar-refractivity contribution in [3.8, 4) is 17.1 Å². The van der Waals surface area contributed by atoms with Crippen LogP contribution in [0, 0.1) is 18.6 Å². The molecule has 4 aromatic rings. The molecule has 2 aromatic heterocycles. The summed E-state index contributed by atoms with van der Waals surface area (Å²) in [6.45, 7) is 4.64. The van der Waals surface area contributed by atoms with Crippen LogP contribution in [-0.2, 0) is 0 Å². The molecule has 2 aromatic carbocycles. The Balaban J connectivity index is 1.29. The van der Waals surface area contributed by atoms with Crippen molar-refractivity contribution >= 4 is 39.2 Å². The maximum atomic E-state index is 16.9. The summed E-state index contributed by atoms with van der Waals surface area (Å²) in [5.41, 5.74) is -0.177. The maximum absolute atomic E-state index is 16.9. The van der Waals surface area contributed by atoms with Crippen molar-refractivity contribution in [1.29, 1.82) is 0 Å². The average Bonchev–Trinajstić information content (AvgIpc) is 3.77. The Morgan fingerprint density at radius 3 is 2.69 bits per heavy atom. The minimum absolute atomic E-state index is 0.00111. The molecule has 4 aliphatic heterocycles. The van der Waals surface area contributed by atoms with Gasteiger partial charge in [0.2, 0.25) is 0 Å². The van der Waals surface area contributed by atoms with E-state index in [1.807, 2.05) is 4.90 Å². The Hall–Kier alpha value is -3.48. The average molecular weight is 642 g/mol. The van der Waals surface area contributed by atoms with E-state index in [1.165, 1.54) is 12.3 Å². The van der Waals surface area contributed by atoms with Crippen LogP contribution in [-0.4, -0.2) is 75.0 Å². The fourth-order valence-corrected chi connectivity index (χ4v) is 8.57. The Morgan fingerprint density at radius 1 is 1.11 bits per heavy atom. The van der Waals surface area contributed by atoms with Crippen molar-refractivity contribution < 1.29 is 22.3 Å². The molecule has 2 bridgehead atoms. The van der Waals surface area contributed by atoms with Crippen molar-refractivity contribution in [3.05, 3.63) is 52.7 Å². The fraction of sp³-hybridized carbons (Fsp3) is 0.469. The van der Waals surface area contributed by atoms with Crippen molar-refractivity contribution in [2.24, 2.45) is 0 Å². The van der Waals surface area contributed by atoms with Crippen LogP contribution in [0.1, 0.15) is 44.1 Å². The molecule has 13 heteroatoms. The number of piperazine rings is 1. The highest BCUT2D eigenvalue weighted by atomic mass is 35.5. The Morgan fingerprint density at radius 2 is 1.91 bits per heavy atom. The van der Waals surface area contributed by atoms with Gasteiger partial charge in [0, 0.05) is 47.1 Å². The number of rotatable bonds is 6. The zero-order chi connectivity index (χ0) is 31.1. The SMILES string of the molecule is Cc1c(F)cc2[nH]ncc2c1-c1c(Cl)cc2c(N3C[C@H]4CC[C@@](C=C(F)F)(C3)N4)nc(OCC34CCCN3CCC4)nc2c1F. The minimum Gasteiger partial charge on any atom is -0.461 e. The molecule has 8 nitrogen and oxygen atoms in total. The molecule has 236 valence electrons. The number of anilines is 1. The summed E-state index contributed by atoms with van der Waals surface area (Å²) in [5.74, 6) is -0.910. The standard InChI is InChI=1S/C32H32ClF4N7O/c1-17-22(34)11-23-20(13-38-42-23)25(17)26-21(33)10-19-28(27(26)37)39-30(45-16-32-5-2-8-44(32)9-3-6-32)40-29(19)43-14-18-4-7-31(15-43,41-18)12-24(35)36/h10-13,18,41H,2-9,14-16H2,1H3,(H,38,42)/t18-,31-/m1/s1. The first-order valence-corrected chi connectivity index (χ1v) is 15.8. The van der Waals surface area contributed by atoms with Gasteiger partial charge in [-0.3, -0.25) is 10.00 Å². The third kappa shape index (κ3) is 4.67. The molecule has 4 fully saturated rings. The number of aromatic amines is 1. The largest absolute Gasteiger partial charge is 0.461 e. The lowest BCUT2D eigenvalue weighted by Gasteiger charge is -2.40. The second-order valence-corrected chi connectivity index (χ2v) is 13.4. The number of ether oxygens (including phenoxy) is 1. The Kier molecular flexibility index (Phi) is 6.78. The molecular formula is C32H32ClF4N7O. The first kappa shape index (κ1) is 29.0. The monoisotopic (exact) mass is 641 g/mol. The highest BCUT2D eigenvalue weighted by molar-refractivity contribution is 6.35. The van der Waals surface area contributed by atoms with E-state index in [1.54, 1.807) is 13.0 Å². The summed E-state index contributed by atoms with van der Waals surface area (Å²) in [4.78, 5) is 13.7. The van der Waals surface area contributed by atoms with Gasteiger partial charge >= 0.3 is 6.01 Å². The zero-order valence-electron chi connectivity index (χ0n) is 24.7. The van der Waals surface area contributed by atoms with E-state index >= 15 is 8.78 Å². The molecule has 8 rings (SSSR count). The molecule has 0 spiro atoms. The van der Waals surface area contributed by atoms with Crippen molar-refractivity contribution in [2.45, 2.75) is 62.6 Å². The van der Waals surface area contributed by atoms with E-state index in [9.17, 15) is 8.78 Å². The van der Waals surface area contributed by atoms with Crippen molar-refractivity contribution in [1.82, 2.24) is 30.4 Å². The smallest absolute Gasteiger partial charge is 0.319 e. The molecule has 2 atom stereocenters. The summed E-state index contributed by atoms with van der Waals surface area (Å²) in [6.07, 6.45) is 6.16. The lowest BCUT2D eigenvalue weighted by molar-refractivity contribution is 0.108. The van der Waals surface area contributed by atoms with Crippen molar-refractivity contribution in [3.63, 3.8) is 0 Å². The number of hydrogen-bond donors (Lipinski definition) is 2. The van der Waals surface area contributed by atoms with Gasteiger partial charge < -0.3 is 15.0 Å². The Labute approximate surface area is 261 Å². The number of nitrogens with zero attached hydrogens (tertiary/aromatic N) is 5. The van der Waals surface area contributed by atoms with Crippen LogP contribution in [0.25, 0.3) is 32.9 Å². The molecule has 0 aliphatic carbocycles. The molecule has 4 aliphatic rings. The first-order valence-electron chi connectivity index (χ1n) is 15.4. The summed E-state index contributed by atoms with van der Waals surface area (Å²) in [7, 11) is 0. The predicted octanol–water partition coefficient (Wildman–Crippen LogP) is 6.51. The van der Waals surface area contributed by atoms with Gasteiger partial charge in [0.15, 0.2) is 5.82 Å². The molecule has 0 saturated carbocycles. The second kappa shape index (κ2) is 10.5. The Bertz CT molecular complexity index is 1870. The van der Waals surface area contributed by atoms with Gasteiger partial charge in [-0.2, -0.15) is 23.8 Å². The van der Waals surface area contributed by atoms with Crippen LogP contribution in [0.4, 0.5) is 23.4 Å². The second-order valence-electron chi connectivity index (χ2n) is 13.0. The number of aromatic nitrogens is 4. The quantitative estimate of drug-likeness (QED) is 0.232. The van der Waals surface area contributed by atoms with E-state index in [2.05, 4.69) is 25.4 Å². The van der Waals surface area contributed by atoms with Crippen LogP contribution in [0.15, 0.2) is 30.5 Å². The van der Waals surface area contributed by atoms with Crippen molar-refractivity contribution in [2.75, 3.05) is 37.7 Å². The number of hydrogen-bond acceptors (Lipinski definition) is 7. The van der Waals surface area contributed by atoms with Gasteiger partial charge in [0.05, 0.1) is 27.8 Å². The highest BCUT2D eigenvalue weighted by Gasteiger charge is 2.46. The van der Waals surface area contributed by atoms with E-state index in [0.29, 0.717) is 48.1 Å². The summed E-state index contributed by atoms with van der Waals surface area (Å²) < 4.78 is 65.5. The number of benzene rings is 2. The molecule has 45 heavy (non-hydrogen) atoms. The molecule has 0 amide bonds. The predicted molar refractivity (Wildman–Crippen MR) is 164 cm³/mol. The normalized spacial score (nSPS) is 24.1. The zero-order valence-corrected chi connectivity index (χ0v) is 25.5. The van der Waals surface area contributed by atoms with Gasteiger partial charge in [-0.25, -0.2) is 8.78 Å². The first-order chi connectivity index (χ1) is 21.7. The lowest BCUT2D eigenvalue weighted by Crippen LogP contribution is -2.59. The number of halogens is 5. The van der Waals surface area contributed by atoms with E-state index in [0.717, 1.165) is 44.8 Å². The van der Waals surface area contributed by atoms with E-state index in [4.69, 9.17) is 21.3 Å². The van der Waals surface area contributed by atoms with E-state index < -0.39 is 23.3 Å². The number of H-pyrrole nitrogens is 1. The van der Waals surface area contributed by atoms with Crippen LogP contribution in [0.2, 0.25) is 5.02 Å². The molecule has 2 N–H and O–H groups in total. The molecule has 4 saturated heterocycles. The van der Waals surface area contributed by atoms with Crippen LogP contribution in [0.5, 0.6) is 6.01 Å². The van der Waals surface area contributed by atoms with Gasteiger partial charge in [0.1, 0.15) is 23.8 Å². The third-order valence-electron chi connectivity index (χ3n) is 10.3. The van der Waals surface area contributed by atoms with Gasteiger partial charge in [-0.05, 0) is 76.2 Å². The molecule has 0 unspecified atom stereocenters. The third-order valence-corrected chi connectivity index (χ3v) is 10.6. The number of fused-ring (bicyclic) bond motifs is 5. The topological polar surface area (TPSA) is 82.2 Å². The fourth-order valence-electron chi connectivity index (χ4n) is 8.28. The van der Waals surface area contributed by atoms with E-state index in [-0.39, 0.29) is 51.4 Å². The van der Waals surface area contributed by atoms with Crippen LogP contribution >= 0.6 is 11.6 Å². The maximum Gasteiger partial charge on any atom is 0.319 e. The molecule has 6 heterocycles. The van der Waals surface area contributed by atoms with Crippen LogP contribution < -0.4 is 15.0 Å². The molecule has 0 radical (unpaired) electrons. The van der Waals surface area contributed by atoms with Crippen LogP contribution in [0.3, 0.4) is 0 Å².